The zero-order chi connectivity index (χ0) is 10.0. The summed E-state index contributed by atoms with van der Waals surface area (Å²) in [6.07, 6.45) is 0. The summed E-state index contributed by atoms with van der Waals surface area (Å²) in [4.78, 5) is 23.4. The molecule has 0 radical (unpaired) electrons. The normalized spacial score (nSPS) is 24.5. The quantitative estimate of drug-likeness (QED) is 0.622. The van der Waals surface area contributed by atoms with E-state index in [0.717, 1.165) is 0 Å². The van der Waals surface area contributed by atoms with Gasteiger partial charge in [0.1, 0.15) is 6.04 Å². The lowest BCUT2D eigenvalue weighted by molar-refractivity contribution is -0.148. The van der Waals surface area contributed by atoms with Crippen LogP contribution in [0.4, 0.5) is 0 Å². The van der Waals surface area contributed by atoms with Gasteiger partial charge in [-0.2, -0.15) is 0 Å². The molecular formula is C7H12N2O3S. The van der Waals surface area contributed by atoms with Crippen molar-refractivity contribution in [1.82, 2.24) is 4.90 Å². The first-order valence-electron chi connectivity index (χ1n) is 3.90. The zero-order valence-corrected chi connectivity index (χ0v) is 8.08. The number of hydrogen-bond acceptors (Lipinski definition) is 4. The van der Waals surface area contributed by atoms with E-state index in [9.17, 15) is 9.59 Å². The molecule has 0 saturated carbocycles. The van der Waals surface area contributed by atoms with Crippen molar-refractivity contribution in [3.63, 3.8) is 0 Å². The number of hydrogen-bond donors (Lipinski definition) is 2. The molecule has 0 unspecified atom stereocenters. The molecule has 0 aromatic rings. The Hall–Kier alpha value is -0.750. The third-order valence-corrected chi connectivity index (χ3v) is 2.85. The second kappa shape index (κ2) is 3.97. The zero-order valence-electron chi connectivity index (χ0n) is 7.27. The molecule has 0 aromatic heterocycles. The van der Waals surface area contributed by atoms with Gasteiger partial charge < -0.3 is 15.7 Å². The molecule has 3 N–H and O–H groups in total. The molecule has 0 aliphatic carbocycles. The SMILES string of the molecule is C[C@@H](N)C(=O)N1CSC[C@H]1C(=O)O. The molecule has 0 spiro atoms. The predicted molar refractivity (Wildman–Crippen MR) is 49.2 cm³/mol. The summed E-state index contributed by atoms with van der Waals surface area (Å²) in [5.74, 6) is -0.373. The smallest absolute Gasteiger partial charge is 0.327 e. The van der Waals surface area contributed by atoms with Crippen LogP contribution in [0.15, 0.2) is 0 Å². The molecule has 1 saturated heterocycles. The minimum atomic E-state index is -0.959. The van der Waals surface area contributed by atoms with Crippen molar-refractivity contribution < 1.29 is 14.7 Å². The topological polar surface area (TPSA) is 83.6 Å². The van der Waals surface area contributed by atoms with Crippen molar-refractivity contribution in [2.75, 3.05) is 11.6 Å². The average molecular weight is 204 g/mol. The van der Waals surface area contributed by atoms with Gasteiger partial charge in [0.25, 0.3) is 0 Å². The molecular weight excluding hydrogens is 192 g/mol. The molecule has 1 amide bonds. The van der Waals surface area contributed by atoms with Crippen LogP contribution < -0.4 is 5.73 Å². The van der Waals surface area contributed by atoms with Crippen LogP contribution in [0.2, 0.25) is 0 Å². The highest BCUT2D eigenvalue weighted by molar-refractivity contribution is 7.99. The third kappa shape index (κ3) is 2.13. The Bertz CT molecular complexity index is 232. The molecule has 1 heterocycles. The van der Waals surface area contributed by atoms with Gasteiger partial charge in [0, 0.05) is 5.75 Å². The third-order valence-electron chi connectivity index (χ3n) is 1.84. The Morgan fingerprint density at radius 1 is 1.69 bits per heavy atom. The summed E-state index contributed by atoms with van der Waals surface area (Å²) >= 11 is 1.43. The van der Waals surface area contributed by atoms with E-state index < -0.39 is 18.1 Å². The van der Waals surface area contributed by atoms with Gasteiger partial charge in [-0.05, 0) is 6.92 Å². The number of carbonyl (C=O) groups is 2. The van der Waals surface area contributed by atoms with Crippen molar-refractivity contribution in [1.29, 1.82) is 0 Å². The minimum Gasteiger partial charge on any atom is -0.480 e. The van der Waals surface area contributed by atoms with Crippen LogP contribution in [0.1, 0.15) is 6.92 Å². The fourth-order valence-electron chi connectivity index (χ4n) is 1.13. The van der Waals surface area contributed by atoms with Gasteiger partial charge in [0.2, 0.25) is 5.91 Å². The van der Waals surface area contributed by atoms with Crippen molar-refractivity contribution in [2.24, 2.45) is 5.73 Å². The minimum absolute atomic E-state index is 0.294. The Morgan fingerprint density at radius 3 is 2.77 bits per heavy atom. The lowest BCUT2D eigenvalue weighted by Crippen LogP contribution is -2.48. The standard InChI is InChI=1S/C7H12N2O3S/c1-4(8)6(10)9-3-13-2-5(9)7(11)12/h4-5H,2-3,8H2,1H3,(H,11,12)/t4-,5+/m1/s1. The van der Waals surface area contributed by atoms with E-state index in [4.69, 9.17) is 10.8 Å². The Labute approximate surface area is 80.3 Å². The summed E-state index contributed by atoms with van der Waals surface area (Å²) in [5.41, 5.74) is 5.38. The second-order valence-corrected chi connectivity index (χ2v) is 3.95. The van der Waals surface area contributed by atoms with Crippen LogP contribution in [-0.4, -0.2) is 45.6 Å². The number of carboxylic acids is 1. The van der Waals surface area contributed by atoms with E-state index in [1.807, 2.05) is 0 Å². The van der Waals surface area contributed by atoms with Crippen molar-refractivity contribution >= 4 is 23.6 Å². The van der Waals surface area contributed by atoms with Gasteiger partial charge in [-0.3, -0.25) is 4.79 Å². The van der Waals surface area contributed by atoms with Crippen molar-refractivity contribution in [2.45, 2.75) is 19.0 Å². The molecule has 6 heteroatoms. The van der Waals surface area contributed by atoms with Crippen LogP contribution in [0.25, 0.3) is 0 Å². The van der Waals surface area contributed by atoms with Gasteiger partial charge in [0.05, 0.1) is 11.9 Å². The summed E-state index contributed by atoms with van der Waals surface area (Å²) in [6.45, 7) is 1.56. The number of carboxylic acid groups (broad SMARTS) is 1. The van der Waals surface area contributed by atoms with E-state index >= 15 is 0 Å². The number of aliphatic carboxylic acids is 1. The first kappa shape index (κ1) is 10.3. The number of thioether (sulfide) groups is 1. The Balaban J connectivity index is 2.68. The summed E-state index contributed by atoms with van der Waals surface area (Å²) in [5, 5.41) is 8.77. The summed E-state index contributed by atoms with van der Waals surface area (Å²) < 4.78 is 0. The number of nitrogens with two attached hydrogens (primary N) is 1. The first-order valence-corrected chi connectivity index (χ1v) is 5.06. The highest BCUT2D eigenvalue weighted by Crippen LogP contribution is 2.21. The molecule has 13 heavy (non-hydrogen) atoms. The van der Waals surface area contributed by atoms with E-state index in [1.54, 1.807) is 6.92 Å². The Morgan fingerprint density at radius 2 is 2.31 bits per heavy atom. The number of carbonyl (C=O) groups excluding carboxylic acids is 1. The van der Waals surface area contributed by atoms with Gasteiger partial charge in [0.15, 0.2) is 0 Å². The first-order chi connectivity index (χ1) is 6.04. The predicted octanol–water partition coefficient (Wildman–Crippen LogP) is -0.680. The molecule has 0 bridgehead atoms. The van der Waals surface area contributed by atoms with Crippen LogP contribution >= 0.6 is 11.8 Å². The van der Waals surface area contributed by atoms with Crippen molar-refractivity contribution in [3.8, 4) is 0 Å². The fourth-order valence-corrected chi connectivity index (χ4v) is 2.28. The molecule has 74 valence electrons. The molecule has 5 nitrogen and oxygen atoms in total. The van der Waals surface area contributed by atoms with Crippen LogP contribution in [0.5, 0.6) is 0 Å². The summed E-state index contributed by atoms with van der Waals surface area (Å²) in [6, 6.07) is -1.33. The maximum absolute atomic E-state index is 11.4. The van der Waals surface area contributed by atoms with Crippen molar-refractivity contribution in [3.05, 3.63) is 0 Å². The van der Waals surface area contributed by atoms with E-state index in [-0.39, 0.29) is 5.91 Å². The second-order valence-electron chi connectivity index (χ2n) is 2.95. The molecule has 2 atom stereocenters. The number of amides is 1. The highest BCUT2D eigenvalue weighted by Gasteiger charge is 2.35. The lowest BCUT2D eigenvalue weighted by atomic mass is 10.2. The van der Waals surface area contributed by atoms with Crippen LogP contribution in [0.3, 0.4) is 0 Å². The van der Waals surface area contributed by atoms with Gasteiger partial charge in [-0.1, -0.05) is 0 Å². The molecule has 1 rings (SSSR count). The number of rotatable bonds is 2. The highest BCUT2D eigenvalue weighted by atomic mass is 32.2. The molecule has 1 fully saturated rings. The average Bonchev–Trinajstić information content (AvgIpc) is 2.50. The van der Waals surface area contributed by atoms with Gasteiger partial charge in [-0.25, -0.2) is 4.79 Å². The fraction of sp³-hybridized carbons (Fsp3) is 0.714. The van der Waals surface area contributed by atoms with E-state index in [0.29, 0.717) is 11.6 Å². The largest absolute Gasteiger partial charge is 0.480 e. The lowest BCUT2D eigenvalue weighted by Gasteiger charge is -2.21. The maximum Gasteiger partial charge on any atom is 0.327 e. The summed E-state index contributed by atoms with van der Waals surface area (Å²) in [7, 11) is 0. The van der Waals surface area contributed by atoms with Crippen LogP contribution in [0, 0.1) is 0 Å². The molecule has 1 aliphatic heterocycles. The van der Waals surface area contributed by atoms with Crippen LogP contribution in [-0.2, 0) is 9.59 Å². The van der Waals surface area contributed by atoms with E-state index in [1.165, 1.54) is 16.7 Å². The number of nitrogens with zero attached hydrogens (tertiary/aromatic N) is 1. The van der Waals surface area contributed by atoms with E-state index in [2.05, 4.69) is 0 Å². The van der Waals surface area contributed by atoms with Gasteiger partial charge >= 0.3 is 5.97 Å². The Kier molecular flexibility index (Phi) is 3.16. The van der Waals surface area contributed by atoms with Gasteiger partial charge in [-0.15, -0.1) is 11.8 Å². The molecule has 1 aliphatic rings. The monoisotopic (exact) mass is 204 g/mol. The molecule has 0 aromatic carbocycles. The maximum atomic E-state index is 11.4.